The zero-order chi connectivity index (χ0) is 11.7. The van der Waals surface area contributed by atoms with Crippen LogP contribution < -0.4 is 0 Å². The molecule has 1 fully saturated rings. The molecular formula is C14H28O. The van der Waals surface area contributed by atoms with Crippen molar-refractivity contribution in [3.05, 3.63) is 0 Å². The van der Waals surface area contributed by atoms with Crippen LogP contribution in [0.1, 0.15) is 66.7 Å². The van der Waals surface area contributed by atoms with Crippen molar-refractivity contribution >= 4 is 0 Å². The van der Waals surface area contributed by atoms with Crippen molar-refractivity contribution in [1.82, 2.24) is 0 Å². The fraction of sp³-hybridized carbons (Fsp3) is 1.00. The summed E-state index contributed by atoms with van der Waals surface area (Å²) in [6.07, 6.45) is 5.57. The van der Waals surface area contributed by atoms with Crippen LogP contribution >= 0.6 is 0 Å². The minimum absolute atomic E-state index is 0.339. The lowest BCUT2D eigenvalue weighted by molar-refractivity contribution is -0.00676. The number of hydrogen-bond donors (Lipinski definition) is 1. The van der Waals surface area contributed by atoms with Crippen LogP contribution in [-0.2, 0) is 0 Å². The largest absolute Gasteiger partial charge is 0.390 e. The Balaban J connectivity index is 2.45. The molecule has 0 aliphatic heterocycles. The highest BCUT2D eigenvalue weighted by Crippen LogP contribution is 2.49. The molecule has 0 aromatic heterocycles. The average Bonchev–Trinajstić information content (AvgIpc) is 2.19. The van der Waals surface area contributed by atoms with E-state index in [1.54, 1.807) is 0 Å². The second-order valence-electron chi connectivity index (χ2n) is 6.84. The van der Waals surface area contributed by atoms with Gasteiger partial charge in [-0.2, -0.15) is 0 Å². The highest BCUT2D eigenvalue weighted by molar-refractivity contribution is 4.98. The van der Waals surface area contributed by atoms with Gasteiger partial charge in [-0.25, -0.2) is 0 Å². The standard InChI is InChI=1S/C14H28O/c1-11(2)7-6-8-14(15)10-13(4,5)9-12(14)3/h11-12,15H,6-10H2,1-5H3. The lowest BCUT2D eigenvalue weighted by Crippen LogP contribution is -2.32. The van der Waals surface area contributed by atoms with Gasteiger partial charge in [0, 0.05) is 0 Å². The first-order valence-corrected chi connectivity index (χ1v) is 6.48. The Hall–Kier alpha value is -0.0400. The molecule has 15 heavy (non-hydrogen) atoms. The molecule has 90 valence electrons. The van der Waals surface area contributed by atoms with Crippen LogP contribution in [0.3, 0.4) is 0 Å². The van der Waals surface area contributed by atoms with Crippen LogP contribution in [0.15, 0.2) is 0 Å². The highest BCUT2D eigenvalue weighted by atomic mass is 16.3. The molecule has 0 spiro atoms. The summed E-state index contributed by atoms with van der Waals surface area (Å²) in [4.78, 5) is 0. The Labute approximate surface area is 95.3 Å². The Kier molecular flexibility index (Phi) is 3.86. The minimum atomic E-state index is -0.377. The van der Waals surface area contributed by atoms with E-state index in [4.69, 9.17) is 0 Å². The third kappa shape index (κ3) is 3.48. The van der Waals surface area contributed by atoms with Gasteiger partial charge in [-0.1, -0.05) is 47.5 Å². The lowest BCUT2D eigenvalue weighted by atomic mass is 9.85. The molecular weight excluding hydrogens is 184 g/mol. The van der Waals surface area contributed by atoms with Crippen molar-refractivity contribution in [2.75, 3.05) is 0 Å². The van der Waals surface area contributed by atoms with Crippen molar-refractivity contribution < 1.29 is 5.11 Å². The van der Waals surface area contributed by atoms with Gasteiger partial charge in [0.2, 0.25) is 0 Å². The molecule has 0 amide bonds. The van der Waals surface area contributed by atoms with Gasteiger partial charge in [0.15, 0.2) is 0 Å². The summed E-state index contributed by atoms with van der Waals surface area (Å²) in [7, 11) is 0. The van der Waals surface area contributed by atoms with Crippen LogP contribution in [0.25, 0.3) is 0 Å². The first kappa shape index (κ1) is 13.0. The van der Waals surface area contributed by atoms with Gasteiger partial charge in [0.25, 0.3) is 0 Å². The topological polar surface area (TPSA) is 20.2 Å². The predicted octanol–water partition coefficient (Wildman–Crippen LogP) is 4.00. The maximum Gasteiger partial charge on any atom is 0.0678 e. The van der Waals surface area contributed by atoms with Crippen LogP contribution in [-0.4, -0.2) is 10.7 Å². The summed E-state index contributed by atoms with van der Waals surface area (Å²) in [6.45, 7) is 11.3. The van der Waals surface area contributed by atoms with E-state index < -0.39 is 0 Å². The second-order valence-corrected chi connectivity index (χ2v) is 6.84. The van der Waals surface area contributed by atoms with Crippen molar-refractivity contribution in [2.45, 2.75) is 72.3 Å². The predicted molar refractivity (Wildman–Crippen MR) is 65.8 cm³/mol. The Morgan fingerprint density at radius 3 is 2.33 bits per heavy atom. The Bertz CT molecular complexity index is 207. The molecule has 0 heterocycles. The maximum absolute atomic E-state index is 10.6. The number of hydrogen-bond acceptors (Lipinski definition) is 1. The lowest BCUT2D eigenvalue weighted by Gasteiger charge is -2.28. The molecule has 1 aliphatic carbocycles. The summed E-state index contributed by atoms with van der Waals surface area (Å²) in [5, 5.41) is 10.6. The van der Waals surface area contributed by atoms with E-state index in [1.807, 2.05) is 0 Å². The van der Waals surface area contributed by atoms with Crippen molar-refractivity contribution in [3.63, 3.8) is 0 Å². The van der Waals surface area contributed by atoms with Crippen molar-refractivity contribution in [2.24, 2.45) is 17.3 Å². The molecule has 0 bridgehead atoms. The van der Waals surface area contributed by atoms with Gasteiger partial charge in [-0.15, -0.1) is 0 Å². The summed E-state index contributed by atoms with van der Waals surface area (Å²) in [5.41, 5.74) is -0.0373. The summed E-state index contributed by atoms with van der Waals surface area (Å²) >= 11 is 0. The molecule has 1 N–H and O–H groups in total. The Morgan fingerprint density at radius 2 is 1.93 bits per heavy atom. The third-order valence-corrected chi connectivity index (χ3v) is 3.95. The molecule has 1 rings (SSSR count). The SMILES string of the molecule is CC(C)CCCC1(O)CC(C)(C)CC1C. The highest BCUT2D eigenvalue weighted by Gasteiger charge is 2.46. The molecule has 0 radical (unpaired) electrons. The summed E-state index contributed by atoms with van der Waals surface area (Å²) in [6, 6.07) is 0. The fourth-order valence-corrected chi connectivity index (χ4v) is 3.25. The molecule has 1 heteroatoms. The molecule has 2 atom stereocenters. The van der Waals surface area contributed by atoms with E-state index in [1.165, 1.54) is 19.3 Å². The van der Waals surface area contributed by atoms with Crippen molar-refractivity contribution in [3.8, 4) is 0 Å². The van der Waals surface area contributed by atoms with Crippen LogP contribution in [0.5, 0.6) is 0 Å². The average molecular weight is 212 g/mol. The van der Waals surface area contributed by atoms with Crippen LogP contribution in [0.2, 0.25) is 0 Å². The fourth-order valence-electron chi connectivity index (χ4n) is 3.25. The molecule has 0 aromatic carbocycles. The molecule has 0 saturated heterocycles. The number of aliphatic hydroxyl groups is 1. The van der Waals surface area contributed by atoms with E-state index in [-0.39, 0.29) is 5.60 Å². The maximum atomic E-state index is 10.6. The molecule has 2 unspecified atom stereocenters. The second kappa shape index (κ2) is 4.45. The van der Waals surface area contributed by atoms with Gasteiger partial charge in [0.05, 0.1) is 5.60 Å². The molecule has 1 aliphatic rings. The van der Waals surface area contributed by atoms with Gasteiger partial charge in [-0.3, -0.25) is 0 Å². The molecule has 1 saturated carbocycles. The van der Waals surface area contributed by atoms with Crippen molar-refractivity contribution in [1.29, 1.82) is 0 Å². The Morgan fingerprint density at radius 1 is 1.33 bits per heavy atom. The van der Waals surface area contributed by atoms with E-state index in [0.29, 0.717) is 11.3 Å². The van der Waals surface area contributed by atoms with Gasteiger partial charge in [0.1, 0.15) is 0 Å². The minimum Gasteiger partial charge on any atom is -0.390 e. The summed E-state index contributed by atoms with van der Waals surface area (Å²) in [5.74, 6) is 1.23. The zero-order valence-electron chi connectivity index (χ0n) is 11.1. The zero-order valence-corrected chi connectivity index (χ0v) is 11.1. The van der Waals surface area contributed by atoms with Gasteiger partial charge >= 0.3 is 0 Å². The van der Waals surface area contributed by atoms with Gasteiger partial charge < -0.3 is 5.11 Å². The monoisotopic (exact) mass is 212 g/mol. The van der Waals surface area contributed by atoms with E-state index >= 15 is 0 Å². The first-order chi connectivity index (χ1) is 6.75. The smallest absolute Gasteiger partial charge is 0.0678 e. The quantitative estimate of drug-likeness (QED) is 0.747. The van der Waals surface area contributed by atoms with E-state index in [2.05, 4.69) is 34.6 Å². The third-order valence-electron chi connectivity index (χ3n) is 3.95. The summed E-state index contributed by atoms with van der Waals surface area (Å²) < 4.78 is 0. The van der Waals surface area contributed by atoms with Crippen LogP contribution in [0.4, 0.5) is 0 Å². The molecule has 1 nitrogen and oxygen atoms in total. The van der Waals surface area contributed by atoms with Crippen LogP contribution in [0, 0.1) is 17.3 Å². The van der Waals surface area contributed by atoms with E-state index in [9.17, 15) is 5.11 Å². The van der Waals surface area contributed by atoms with Gasteiger partial charge in [-0.05, 0) is 36.5 Å². The normalized spacial score (nSPS) is 35.0. The first-order valence-electron chi connectivity index (χ1n) is 6.48. The van der Waals surface area contributed by atoms with E-state index in [0.717, 1.165) is 18.8 Å². The number of rotatable bonds is 4. The molecule has 0 aromatic rings.